The number of amides is 2. The molecule has 1 aromatic carbocycles. The van der Waals surface area contributed by atoms with Crippen molar-refractivity contribution in [2.24, 2.45) is 0 Å². The van der Waals surface area contributed by atoms with Crippen LogP contribution in [0.5, 0.6) is 0 Å². The van der Waals surface area contributed by atoms with E-state index in [9.17, 15) is 4.79 Å². The van der Waals surface area contributed by atoms with Gasteiger partial charge in [0.15, 0.2) is 0 Å². The number of hydrogen-bond donors (Lipinski definition) is 2. The average molecular weight is 324 g/mol. The van der Waals surface area contributed by atoms with Crippen molar-refractivity contribution in [1.29, 1.82) is 0 Å². The van der Waals surface area contributed by atoms with Gasteiger partial charge in [-0.25, -0.2) is 9.48 Å². The van der Waals surface area contributed by atoms with Crippen LogP contribution in [0.25, 0.3) is 5.69 Å². The number of benzene rings is 1. The normalized spacial score (nSPS) is 10.6. The smallest absolute Gasteiger partial charge is 0.319 e. The molecule has 0 aliphatic heterocycles. The van der Waals surface area contributed by atoms with E-state index in [0.29, 0.717) is 18.7 Å². The fraction of sp³-hybridized carbons (Fsp3) is 0.222. The maximum Gasteiger partial charge on any atom is 0.319 e. The molecule has 24 heavy (non-hydrogen) atoms. The van der Waals surface area contributed by atoms with E-state index in [1.54, 1.807) is 23.3 Å². The topological polar surface area (TPSA) is 72.1 Å². The first kappa shape index (κ1) is 15.9. The molecular weight excluding hydrogens is 304 g/mol. The van der Waals surface area contributed by atoms with E-state index in [1.165, 1.54) is 5.56 Å². The van der Waals surface area contributed by atoms with Gasteiger partial charge in [0.2, 0.25) is 0 Å². The van der Waals surface area contributed by atoms with E-state index in [4.69, 9.17) is 4.42 Å². The number of carbonyl (C=O) groups is 1. The van der Waals surface area contributed by atoms with Crippen LogP contribution in [-0.2, 0) is 6.42 Å². The molecule has 0 radical (unpaired) electrons. The van der Waals surface area contributed by atoms with Crippen LogP contribution < -0.4 is 10.6 Å². The van der Waals surface area contributed by atoms with Crippen LogP contribution in [0, 0.1) is 13.8 Å². The van der Waals surface area contributed by atoms with Gasteiger partial charge in [0.1, 0.15) is 5.76 Å². The molecule has 2 heterocycles. The Morgan fingerprint density at radius 2 is 2.17 bits per heavy atom. The minimum Gasteiger partial charge on any atom is -0.469 e. The van der Waals surface area contributed by atoms with Gasteiger partial charge < -0.3 is 15.1 Å². The van der Waals surface area contributed by atoms with E-state index >= 15 is 0 Å². The van der Waals surface area contributed by atoms with E-state index in [1.807, 2.05) is 31.2 Å². The second kappa shape index (κ2) is 7.04. The summed E-state index contributed by atoms with van der Waals surface area (Å²) in [7, 11) is 0. The summed E-state index contributed by atoms with van der Waals surface area (Å²) in [5.74, 6) is 0.845. The first-order valence-corrected chi connectivity index (χ1v) is 7.81. The summed E-state index contributed by atoms with van der Waals surface area (Å²) in [6.07, 6.45) is 5.70. The van der Waals surface area contributed by atoms with Crippen molar-refractivity contribution >= 4 is 11.7 Å². The van der Waals surface area contributed by atoms with E-state index in [-0.39, 0.29) is 6.03 Å². The van der Waals surface area contributed by atoms with Gasteiger partial charge in [-0.1, -0.05) is 17.7 Å². The van der Waals surface area contributed by atoms with Crippen molar-refractivity contribution < 1.29 is 9.21 Å². The number of aromatic nitrogens is 2. The molecule has 0 fully saturated rings. The Bertz CT molecular complexity index is 821. The number of rotatable bonds is 5. The van der Waals surface area contributed by atoms with Crippen molar-refractivity contribution in [1.82, 2.24) is 15.1 Å². The fourth-order valence-corrected chi connectivity index (χ4v) is 2.51. The number of aryl methyl sites for hydroxylation is 2. The van der Waals surface area contributed by atoms with E-state index in [2.05, 4.69) is 28.7 Å². The Hall–Kier alpha value is -3.02. The molecule has 124 valence electrons. The van der Waals surface area contributed by atoms with Crippen LogP contribution in [0.2, 0.25) is 0 Å². The van der Waals surface area contributed by atoms with Gasteiger partial charge in [0.25, 0.3) is 0 Å². The van der Waals surface area contributed by atoms with Crippen molar-refractivity contribution in [2.75, 3.05) is 11.9 Å². The number of furan rings is 1. The highest BCUT2D eigenvalue weighted by Crippen LogP contribution is 2.17. The second-order valence-electron chi connectivity index (χ2n) is 5.67. The van der Waals surface area contributed by atoms with Crippen LogP contribution in [0.3, 0.4) is 0 Å². The molecule has 0 spiro atoms. The van der Waals surface area contributed by atoms with Gasteiger partial charge in [0.05, 0.1) is 30.0 Å². The number of urea groups is 1. The molecule has 6 heteroatoms. The third-order valence-electron chi connectivity index (χ3n) is 3.68. The molecule has 2 aromatic heterocycles. The summed E-state index contributed by atoms with van der Waals surface area (Å²) in [6, 6.07) is 9.61. The lowest BCUT2D eigenvalue weighted by atomic mass is 10.1. The Labute approximate surface area is 140 Å². The first-order chi connectivity index (χ1) is 11.6. The zero-order valence-electron chi connectivity index (χ0n) is 13.7. The predicted molar refractivity (Wildman–Crippen MR) is 92.5 cm³/mol. The summed E-state index contributed by atoms with van der Waals surface area (Å²) in [5, 5.41) is 9.88. The molecule has 0 aliphatic carbocycles. The molecular formula is C18H20N4O2. The summed E-state index contributed by atoms with van der Waals surface area (Å²) in [4.78, 5) is 11.9. The van der Waals surface area contributed by atoms with Gasteiger partial charge in [-0.2, -0.15) is 5.10 Å². The third-order valence-corrected chi connectivity index (χ3v) is 3.68. The second-order valence-corrected chi connectivity index (χ2v) is 5.67. The molecule has 0 saturated carbocycles. The number of anilines is 1. The van der Waals surface area contributed by atoms with Crippen molar-refractivity contribution in [3.05, 3.63) is 65.9 Å². The minimum absolute atomic E-state index is 0.262. The Morgan fingerprint density at radius 1 is 1.29 bits per heavy atom. The van der Waals surface area contributed by atoms with Crippen LogP contribution in [0.4, 0.5) is 10.5 Å². The molecule has 2 amide bonds. The van der Waals surface area contributed by atoms with E-state index < -0.39 is 0 Å². The fourth-order valence-electron chi connectivity index (χ4n) is 2.51. The number of carbonyl (C=O) groups excluding carboxylic acids is 1. The highest BCUT2D eigenvalue weighted by molar-refractivity contribution is 5.88. The average Bonchev–Trinajstić information content (AvgIpc) is 3.19. The monoisotopic (exact) mass is 324 g/mol. The Morgan fingerprint density at radius 3 is 2.92 bits per heavy atom. The minimum atomic E-state index is -0.262. The largest absolute Gasteiger partial charge is 0.469 e. The first-order valence-electron chi connectivity index (χ1n) is 7.81. The molecule has 0 saturated heterocycles. The van der Waals surface area contributed by atoms with Gasteiger partial charge >= 0.3 is 6.03 Å². The van der Waals surface area contributed by atoms with E-state index in [0.717, 1.165) is 17.0 Å². The van der Waals surface area contributed by atoms with Crippen LogP contribution in [0.1, 0.15) is 16.9 Å². The zero-order chi connectivity index (χ0) is 16.9. The zero-order valence-corrected chi connectivity index (χ0v) is 13.7. The summed E-state index contributed by atoms with van der Waals surface area (Å²) < 4.78 is 6.98. The lowest BCUT2D eigenvalue weighted by Crippen LogP contribution is -2.30. The summed E-state index contributed by atoms with van der Waals surface area (Å²) >= 11 is 0. The molecule has 2 N–H and O–H groups in total. The van der Waals surface area contributed by atoms with Crippen molar-refractivity contribution in [3.63, 3.8) is 0 Å². The molecule has 0 atom stereocenters. The number of nitrogens with zero attached hydrogens (tertiary/aromatic N) is 2. The van der Waals surface area contributed by atoms with Gasteiger partial charge in [-0.05, 0) is 37.6 Å². The summed E-state index contributed by atoms with van der Waals surface area (Å²) in [6.45, 7) is 4.60. The predicted octanol–water partition coefficient (Wildman–Crippen LogP) is 3.45. The lowest BCUT2D eigenvalue weighted by molar-refractivity contribution is 0.252. The van der Waals surface area contributed by atoms with Crippen LogP contribution >= 0.6 is 0 Å². The van der Waals surface area contributed by atoms with Gasteiger partial charge in [0, 0.05) is 13.0 Å². The van der Waals surface area contributed by atoms with Crippen LogP contribution in [-0.4, -0.2) is 22.4 Å². The number of nitrogens with one attached hydrogen (secondary N) is 2. The molecule has 0 bridgehead atoms. The van der Waals surface area contributed by atoms with Crippen molar-refractivity contribution in [2.45, 2.75) is 20.3 Å². The quantitative estimate of drug-likeness (QED) is 0.755. The van der Waals surface area contributed by atoms with Crippen LogP contribution in [0.15, 0.2) is 53.4 Å². The van der Waals surface area contributed by atoms with Gasteiger partial charge in [-0.3, -0.25) is 0 Å². The maximum absolute atomic E-state index is 11.9. The Kier molecular flexibility index (Phi) is 4.65. The highest BCUT2D eigenvalue weighted by Gasteiger charge is 2.07. The van der Waals surface area contributed by atoms with Gasteiger partial charge in [-0.15, -0.1) is 0 Å². The Balaban J connectivity index is 1.56. The molecule has 3 rings (SSSR count). The standard InChI is InChI=1S/C18H20N4O2/c1-13-5-6-17(14(2)10-13)22-12-15(11-20-22)21-18(23)19-8-7-16-4-3-9-24-16/h3-6,9-12H,7-8H2,1-2H3,(H2,19,21,23). The molecule has 0 unspecified atom stereocenters. The molecule has 3 aromatic rings. The third kappa shape index (κ3) is 3.84. The molecule has 6 nitrogen and oxygen atoms in total. The SMILES string of the molecule is Cc1ccc(-n2cc(NC(=O)NCCc3ccco3)cn2)c(C)c1. The summed E-state index contributed by atoms with van der Waals surface area (Å²) in [5.41, 5.74) is 3.97. The molecule has 0 aliphatic rings. The lowest BCUT2D eigenvalue weighted by Gasteiger charge is -2.07. The highest BCUT2D eigenvalue weighted by atomic mass is 16.3. The number of hydrogen-bond acceptors (Lipinski definition) is 3. The maximum atomic E-state index is 11.9. The van der Waals surface area contributed by atoms with Crippen molar-refractivity contribution in [3.8, 4) is 5.69 Å².